The van der Waals surface area contributed by atoms with E-state index in [2.05, 4.69) is 54.5 Å². The van der Waals surface area contributed by atoms with Crippen molar-refractivity contribution in [2.24, 2.45) is 0 Å². The van der Waals surface area contributed by atoms with Gasteiger partial charge in [0.25, 0.3) is 0 Å². The highest BCUT2D eigenvalue weighted by Gasteiger charge is 2.16. The van der Waals surface area contributed by atoms with Crippen molar-refractivity contribution in [3.63, 3.8) is 0 Å². The fourth-order valence-corrected chi connectivity index (χ4v) is 3.75. The van der Waals surface area contributed by atoms with Crippen LogP contribution in [0.25, 0.3) is 0 Å². The number of hydrogen-bond donors (Lipinski definition) is 2. The van der Waals surface area contributed by atoms with Crippen LogP contribution in [0.15, 0.2) is 42.5 Å². The number of hydrogen-bond acceptors (Lipinski definition) is 3. The van der Waals surface area contributed by atoms with E-state index in [-0.39, 0.29) is 0 Å². The number of nitrogens with zero attached hydrogens (tertiary/aromatic N) is 1. The molecule has 2 aromatic carbocycles. The standard InChI is InChI=1S/C24H31N3O2/c1-4-27-15-5-6-20-16-18(7-12-22(20)27)13-14-25-23(28)24(29)26-21-10-8-19(9-11-21)17(2)3/h7-12,16-17H,4-6,13-15H2,1-3H3,(H,25,28)(H,26,29). The van der Waals surface area contributed by atoms with Gasteiger partial charge in [0, 0.05) is 31.0 Å². The fraction of sp³-hybridized carbons (Fsp3) is 0.417. The summed E-state index contributed by atoms with van der Waals surface area (Å²) in [5.41, 5.74) is 5.72. The van der Waals surface area contributed by atoms with Gasteiger partial charge in [-0.25, -0.2) is 0 Å². The zero-order valence-corrected chi connectivity index (χ0v) is 17.6. The molecular formula is C24H31N3O2. The third kappa shape index (κ3) is 5.37. The van der Waals surface area contributed by atoms with Gasteiger partial charge in [0.2, 0.25) is 0 Å². The first-order chi connectivity index (χ1) is 14.0. The molecule has 0 aliphatic carbocycles. The molecule has 29 heavy (non-hydrogen) atoms. The van der Waals surface area contributed by atoms with E-state index >= 15 is 0 Å². The van der Waals surface area contributed by atoms with Crippen molar-refractivity contribution in [3.05, 3.63) is 59.2 Å². The lowest BCUT2D eigenvalue weighted by atomic mass is 9.98. The Bertz CT molecular complexity index is 859. The highest BCUT2D eigenvalue weighted by Crippen LogP contribution is 2.27. The molecule has 2 aromatic rings. The minimum Gasteiger partial charge on any atom is -0.372 e. The maximum absolute atomic E-state index is 12.1. The molecule has 0 unspecified atom stereocenters. The lowest BCUT2D eigenvalue weighted by molar-refractivity contribution is -0.136. The second-order valence-electron chi connectivity index (χ2n) is 7.88. The second kappa shape index (κ2) is 9.59. The van der Waals surface area contributed by atoms with Gasteiger partial charge in [0.05, 0.1) is 0 Å². The van der Waals surface area contributed by atoms with E-state index in [4.69, 9.17) is 0 Å². The Hall–Kier alpha value is -2.82. The Balaban J connectivity index is 1.48. The predicted molar refractivity (Wildman–Crippen MR) is 119 cm³/mol. The van der Waals surface area contributed by atoms with Crippen LogP contribution in [0.5, 0.6) is 0 Å². The molecule has 0 bridgehead atoms. The summed E-state index contributed by atoms with van der Waals surface area (Å²) >= 11 is 0. The van der Waals surface area contributed by atoms with E-state index in [9.17, 15) is 9.59 Å². The van der Waals surface area contributed by atoms with Crippen LogP contribution in [0, 0.1) is 0 Å². The molecule has 2 amide bonds. The Morgan fingerprint density at radius 2 is 1.83 bits per heavy atom. The summed E-state index contributed by atoms with van der Waals surface area (Å²) in [7, 11) is 0. The molecular weight excluding hydrogens is 362 g/mol. The molecule has 1 heterocycles. The van der Waals surface area contributed by atoms with Crippen LogP contribution in [0.3, 0.4) is 0 Å². The molecule has 3 rings (SSSR count). The topological polar surface area (TPSA) is 61.4 Å². The molecule has 2 N–H and O–H groups in total. The van der Waals surface area contributed by atoms with E-state index in [0.717, 1.165) is 19.5 Å². The number of carbonyl (C=O) groups excluding carboxylic acids is 2. The monoisotopic (exact) mass is 393 g/mol. The van der Waals surface area contributed by atoms with Crippen LogP contribution in [0.2, 0.25) is 0 Å². The second-order valence-corrected chi connectivity index (χ2v) is 7.88. The molecule has 154 valence electrons. The van der Waals surface area contributed by atoms with Crippen molar-refractivity contribution < 1.29 is 9.59 Å². The molecule has 5 heteroatoms. The van der Waals surface area contributed by atoms with Gasteiger partial charge in [-0.2, -0.15) is 0 Å². The van der Waals surface area contributed by atoms with Gasteiger partial charge < -0.3 is 15.5 Å². The Labute approximate surface area is 173 Å². The normalized spacial score (nSPS) is 13.2. The molecule has 1 aliphatic heterocycles. The average Bonchev–Trinajstić information content (AvgIpc) is 2.73. The van der Waals surface area contributed by atoms with Crippen LogP contribution in [-0.2, 0) is 22.4 Å². The molecule has 0 fully saturated rings. The first-order valence-corrected chi connectivity index (χ1v) is 10.5. The van der Waals surface area contributed by atoms with Gasteiger partial charge in [0.1, 0.15) is 0 Å². The zero-order chi connectivity index (χ0) is 20.8. The number of nitrogens with one attached hydrogen (secondary N) is 2. The Morgan fingerprint density at radius 1 is 1.07 bits per heavy atom. The highest BCUT2D eigenvalue weighted by molar-refractivity contribution is 6.39. The molecule has 0 spiro atoms. The maximum Gasteiger partial charge on any atom is 0.313 e. The molecule has 1 aliphatic rings. The first kappa shape index (κ1) is 20.9. The fourth-order valence-electron chi connectivity index (χ4n) is 3.75. The van der Waals surface area contributed by atoms with Gasteiger partial charge >= 0.3 is 11.8 Å². The third-order valence-corrected chi connectivity index (χ3v) is 5.48. The van der Waals surface area contributed by atoms with Gasteiger partial charge in [-0.1, -0.05) is 38.1 Å². The van der Waals surface area contributed by atoms with E-state index in [1.165, 1.54) is 28.8 Å². The largest absolute Gasteiger partial charge is 0.372 e. The minimum absolute atomic E-state index is 0.427. The number of amides is 2. The van der Waals surface area contributed by atoms with Crippen molar-refractivity contribution in [1.29, 1.82) is 0 Å². The van der Waals surface area contributed by atoms with Crippen LogP contribution >= 0.6 is 0 Å². The lowest BCUT2D eigenvalue weighted by Crippen LogP contribution is -2.36. The first-order valence-electron chi connectivity index (χ1n) is 10.5. The lowest BCUT2D eigenvalue weighted by Gasteiger charge is -2.30. The number of rotatable bonds is 6. The molecule has 0 saturated heterocycles. The predicted octanol–water partition coefficient (Wildman–Crippen LogP) is 3.88. The van der Waals surface area contributed by atoms with E-state index in [1.54, 1.807) is 0 Å². The van der Waals surface area contributed by atoms with Crippen molar-refractivity contribution in [1.82, 2.24) is 5.32 Å². The van der Waals surface area contributed by atoms with Crippen LogP contribution in [-0.4, -0.2) is 31.4 Å². The summed E-state index contributed by atoms with van der Waals surface area (Å²) in [5.74, 6) is -0.809. The van der Waals surface area contributed by atoms with Crippen LogP contribution in [0.4, 0.5) is 11.4 Å². The smallest absolute Gasteiger partial charge is 0.313 e. The maximum atomic E-state index is 12.1. The third-order valence-electron chi connectivity index (χ3n) is 5.48. The van der Waals surface area contributed by atoms with Crippen LogP contribution < -0.4 is 15.5 Å². The van der Waals surface area contributed by atoms with Crippen molar-refractivity contribution in [3.8, 4) is 0 Å². The number of anilines is 2. The van der Waals surface area contributed by atoms with Crippen LogP contribution in [0.1, 0.15) is 49.8 Å². The molecule has 0 aromatic heterocycles. The van der Waals surface area contributed by atoms with E-state index < -0.39 is 11.8 Å². The average molecular weight is 394 g/mol. The Morgan fingerprint density at radius 3 is 2.52 bits per heavy atom. The minimum atomic E-state index is -0.633. The number of aryl methyl sites for hydroxylation is 1. The quantitative estimate of drug-likeness (QED) is 0.732. The van der Waals surface area contributed by atoms with E-state index in [0.29, 0.717) is 24.6 Å². The van der Waals surface area contributed by atoms with Crippen molar-refractivity contribution in [2.75, 3.05) is 29.9 Å². The number of benzene rings is 2. The summed E-state index contributed by atoms with van der Waals surface area (Å²) < 4.78 is 0. The summed E-state index contributed by atoms with van der Waals surface area (Å²) in [6.07, 6.45) is 2.99. The van der Waals surface area contributed by atoms with Gasteiger partial charge in [-0.05, 0) is 67.0 Å². The number of fused-ring (bicyclic) bond motifs is 1. The van der Waals surface area contributed by atoms with Gasteiger partial charge in [-0.15, -0.1) is 0 Å². The highest BCUT2D eigenvalue weighted by atomic mass is 16.2. The van der Waals surface area contributed by atoms with Crippen molar-refractivity contribution in [2.45, 2.75) is 46.0 Å². The molecule has 5 nitrogen and oxygen atoms in total. The van der Waals surface area contributed by atoms with Crippen molar-refractivity contribution >= 4 is 23.2 Å². The molecule has 0 radical (unpaired) electrons. The summed E-state index contributed by atoms with van der Waals surface area (Å²) in [6, 6.07) is 14.1. The zero-order valence-electron chi connectivity index (χ0n) is 17.6. The van der Waals surface area contributed by atoms with Gasteiger partial charge in [-0.3, -0.25) is 9.59 Å². The van der Waals surface area contributed by atoms with E-state index in [1.807, 2.05) is 24.3 Å². The summed E-state index contributed by atoms with van der Waals surface area (Å²) in [5, 5.41) is 5.37. The summed E-state index contributed by atoms with van der Waals surface area (Å²) in [4.78, 5) is 26.6. The number of carbonyl (C=O) groups is 2. The Kier molecular flexibility index (Phi) is 6.91. The molecule has 0 atom stereocenters. The van der Waals surface area contributed by atoms with Gasteiger partial charge in [0.15, 0.2) is 0 Å². The molecule has 0 saturated carbocycles. The summed E-state index contributed by atoms with van der Waals surface area (Å²) in [6.45, 7) is 9.00. The SMILES string of the molecule is CCN1CCCc2cc(CCNC(=O)C(=O)Nc3ccc(C(C)C)cc3)ccc21.